The van der Waals surface area contributed by atoms with Gasteiger partial charge in [-0.15, -0.1) is 0 Å². The molecule has 0 aliphatic carbocycles. The van der Waals surface area contributed by atoms with Crippen LogP contribution in [0.3, 0.4) is 0 Å². The predicted molar refractivity (Wildman–Crippen MR) is 152 cm³/mol. The van der Waals surface area contributed by atoms with Crippen LogP contribution in [0.5, 0.6) is 0 Å². The first-order valence-corrected chi connectivity index (χ1v) is 16.6. The van der Waals surface area contributed by atoms with E-state index in [2.05, 4.69) is 113 Å². The molecule has 2 heterocycles. The van der Waals surface area contributed by atoms with Crippen molar-refractivity contribution >= 4 is 57.3 Å². The zero-order valence-corrected chi connectivity index (χ0v) is 23.0. The van der Waals surface area contributed by atoms with Gasteiger partial charge in [0.2, 0.25) is 5.69 Å². The van der Waals surface area contributed by atoms with Gasteiger partial charge >= 0.3 is 0 Å². The number of aryl methyl sites for hydroxylation is 2. The lowest BCUT2D eigenvalue weighted by Gasteiger charge is -2.27. The molecule has 0 N–H and O–H groups in total. The average molecular weight is 479 g/mol. The molecular formula is C31H32NSSi+. The van der Waals surface area contributed by atoms with Gasteiger partial charge < -0.3 is 0 Å². The molecule has 0 radical (unpaired) electrons. The molecule has 1 aromatic heterocycles. The summed E-state index contributed by atoms with van der Waals surface area (Å²) < 4.78 is 2.36. The SMILES string of the molecule is Cc1c2c(c(C(C)C)c3ccccc13)Sc1cc3cccc([Si](C)(C)C)c3c3cc[n+](C)c-2c13. The summed E-state index contributed by atoms with van der Waals surface area (Å²) in [7, 11) is 0.707. The van der Waals surface area contributed by atoms with Crippen molar-refractivity contribution in [1.82, 2.24) is 0 Å². The minimum absolute atomic E-state index is 0.455. The van der Waals surface area contributed by atoms with Crippen LogP contribution in [0, 0.1) is 6.92 Å². The van der Waals surface area contributed by atoms with Gasteiger partial charge in [-0.1, -0.05) is 92.9 Å². The molecule has 0 fully saturated rings. The molecule has 0 saturated heterocycles. The number of rotatable bonds is 2. The molecule has 4 aromatic carbocycles. The first-order chi connectivity index (χ1) is 16.2. The van der Waals surface area contributed by atoms with Crippen LogP contribution in [-0.2, 0) is 7.05 Å². The van der Waals surface area contributed by atoms with E-state index < -0.39 is 8.07 Å². The average Bonchev–Trinajstić information content (AvgIpc) is 2.79. The Bertz CT molecular complexity index is 1660. The number of benzene rings is 4. The van der Waals surface area contributed by atoms with Gasteiger partial charge in [0.25, 0.3) is 0 Å². The molecule has 3 heteroatoms. The van der Waals surface area contributed by atoms with Crippen LogP contribution < -0.4 is 9.75 Å². The third kappa shape index (κ3) is 2.96. The molecule has 6 rings (SSSR count). The standard InChI is InChI=1S/C31H32NSSi/c1-18(2)26-22-13-9-8-12-21(22)19(3)27-30-29-23(15-16-32(30)4)28-20(17-24(29)33-31(26)27)11-10-14-25(28)34(5,6)7/h8-18H,1-7H3/q+1. The van der Waals surface area contributed by atoms with Gasteiger partial charge in [0.15, 0.2) is 6.20 Å². The van der Waals surface area contributed by atoms with Crippen molar-refractivity contribution in [1.29, 1.82) is 0 Å². The summed E-state index contributed by atoms with van der Waals surface area (Å²) in [5, 5.41) is 10.0. The van der Waals surface area contributed by atoms with Crippen molar-refractivity contribution in [2.24, 2.45) is 7.05 Å². The van der Waals surface area contributed by atoms with E-state index in [1.54, 1.807) is 5.19 Å². The lowest BCUT2D eigenvalue weighted by Crippen LogP contribution is -2.38. The van der Waals surface area contributed by atoms with Crippen molar-refractivity contribution in [3.05, 3.63) is 71.9 Å². The highest BCUT2D eigenvalue weighted by Gasteiger charge is 2.33. The molecule has 34 heavy (non-hydrogen) atoms. The zero-order valence-electron chi connectivity index (χ0n) is 21.2. The van der Waals surface area contributed by atoms with E-state index in [-0.39, 0.29) is 0 Å². The van der Waals surface area contributed by atoms with E-state index in [4.69, 9.17) is 0 Å². The van der Waals surface area contributed by atoms with E-state index >= 15 is 0 Å². The van der Waals surface area contributed by atoms with E-state index in [0.29, 0.717) is 5.92 Å². The maximum atomic E-state index is 2.47. The van der Waals surface area contributed by atoms with Crippen LogP contribution in [0.25, 0.3) is 43.6 Å². The van der Waals surface area contributed by atoms with E-state index in [0.717, 1.165) is 0 Å². The number of fused-ring (bicyclic) bond motifs is 5. The maximum Gasteiger partial charge on any atom is 0.222 e. The Morgan fingerprint density at radius 3 is 2.29 bits per heavy atom. The highest BCUT2D eigenvalue weighted by molar-refractivity contribution is 8.00. The summed E-state index contributed by atoms with van der Waals surface area (Å²) in [6.07, 6.45) is 2.28. The minimum Gasteiger partial charge on any atom is -0.200 e. The van der Waals surface area contributed by atoms with Gasteiger partial charge in [0.05, 0.1) is 19.0 Å². The Morgan fingerprint density at radius 2 is 1.59 bits per heavy atom. The molecule has 0 bridgehead atoms. The van der Waals surface area contributed by atoms with Crippen molar-refractivity contribution in [2.45, 2.75) is 56.1 Å². The third-order valence-electron chi connectivity index (χ3n) is 7.52. The van der Waals surface area contributed by atoms with Gasteiger partial charge in [-0.25, -0.2) is 4.57 Å². The molecule has 5 aromatic rings. The van der Waals surface area contributed by atoms with Gasteiger partial charge in [0, 0.05) is 21.2 Å². The van der Waals surface area contributed by atoms with Crippen molar-refractivity contribution in [3.63, 3.8) is 0 Å². The first kappa shape index (κ1) is 21.9. The summed E-state index contributed by atoms with van der Waals surface area (Å²) in [5.74, 6) is 0.455. The van der Waals surface area contributed by atoms with Crippen LogP contribution >= 0.6 is 11.8 Å². The third-order valence-corrected chi connectivity index (χ3v) is 10.7. The van der Waals surface area contributed by atoms with Gasteiger partial charge in [-0.2, -0.15) is 0 Å². The predicted octanol–water partition coefficient (Wildman–Crippen LogP) is 8.08. The van der Waals surface area contributed by atoms with Crippen molar-refractivity contribution < 1.29 is 4.57 Å². The topological polar surface area (TPSA) is 3.88 Å². The normalized spacial score (nSPS) is 13.3. The van der Waals surface area contributed by atoms with Gasteiger partial charge in [-0.3, -0.25) is 0 Å². The molecule has 0 amide bonds. The monoisotopic (exact) mass is 478 g/mol. The first-order valence-electron chi connectivity index (χ1n) is 12.3. The number of hydrogen-bond donors (Lipinski definition) is 0. The molecule has 0 atom stereocenters. The number of nitrogens with zero attached hydrogens (tertiary/aromatic N) is 1. The van der Waals surface area contributed by atoms with Crippen molar-refractivity contribution in [3.8, 4) is 11.3 Å². The van der Waals surface area contributed by atoms with E-state index in [9.17, 15) is 0 Å². The maximum absolute atomic E-state index is 2.47. The Kier molecular flexibility index (Phi) is 4.79. The summed E-state index contributed by atoms with van der Waals surface area (Å²) in [4.78, 5) is 2.84. The molecule has 1 aliphatic rings. The fourth-order valence-electron chi connectivity index (χ4n) is 6.00. The van der Waals surface area contributed by atoms with Crippen LogP contribution in [0.4, 0.5) is 0 Å². The van der Waals surface area contributed by atoms with Gasteiger partial charge in [-0.05, 0) is 51.6 Å². The molecule has 0 spiro atoms. The molecule has 1 nitrogen and oxygen atoms in total. The van der Waals surface area contributed by atoms with Crippen LogP contribution in [0.2, 0.25) is 19.6 Å². The number of hydrogen-bond acceptors (Lipinski definition) is 1. The van der Waals surface area contributed by atoms with Gasteiger partial charge in [0.1, 0.15) is 7.05 Å². The van der Waals surface area contributed by atoms with E-state index in [1.165, 1.54) is 64.5 Å². The summed E-state index contributed by atoms with van der Waals surface area (Å²) >= 11 is 1.99. The largest absolute Gasteiger partial charge is 0.222 e. The fraction of sp³-hybridized carbons (Fsp3) is 0.258. The van der Waals surface area contributed by atoms with Crippen LogP contribution in [0.1, 0.15) is 30.9 Å². The lowest BCUT2D eigenvalue weighted by atomic mass is 9.87. The van der Waals surface area contributed by atoms with Crippen LogP contribution in [-0.4, -0.2) is 8.07 Å². The smallest absolute Gasteiger partial charge is 0.200 e. The molecule has 0 unspecified atom stereocenters. The second-order valence-corrected chi connectivity index (χ2v) is 17.2. The van der Waals surface area contributed by atoms with E-state index in [1.807, 2.05) is 11.8 Å². The van der Waals surface area contributed by atoms with Crippen molar-refractivity contribution in [2.75, 3.05) is 0 Å². The second kappa shape index (κ2) is 7.44. The Balaban J connectivity index is 1.86. The zero-order chi connectivity index (χ0) is 23.9. The lowest BCUT2D eigenvalue weighted by molar-refractivity contribution is -0.659. The number of pyridine rings is 1. The highest BCUT2D eigenvalue weighted by Crippen LogP contribution is 2.53. The number of aromatic nitrogens is 1. The summed E-state index contributed by atoms with van der Waals surface area (Å²) in [5.41, 5.74) is 5.69. The fourth-order valence-corrected chi connectivity index (χ4v) is 9.15. The Morgan fingerprint density at radius 1 is 0.853 bits per heavy atom. The second-order valence-electron chi connectivity index (χ2n) is 11.1. The summed E-state index contributed by atoms with van der Waals surface area (Å²) in [6.45, 7) is 14.4. The molecular weight excluding hydrogens is 447 g/mol. The Hall–Kier alpha value is -2.62. The quantitative estimate of drug-likeness (QED) is 0.138. The van der Waals surface area contributed by atoms with Crippen LogP contribution in [0.15, 0.2) is 70.6 Å². The molecule has 0 saturated carbocycles. The minimum atomic E-state index is -1.51. The highest BCUT2D eigenvalue weighted by atomic mass is 32.2. The molecule has 170 valence electrons. The molecule has 1 aliphatic heterocycles. The Labute approximate surface area is 207 Å². The summed E-state index contributed by atoms with van der Waals surface area (Å²) in [6, 6.07) is 20.8.